The summed E-state index contributed by atoms with van der Waals surface area (Å²) in [6.07, 6.45) is 1.33. The van der Waals surface area contributed by atoms with Gasteiger partial charge in [-0.3, -0.25) is 10.5 Å². The second kappa shape index (κ2) is 10.7. The van der Waals surface area contributed by atoms with Gasteiger partial charge in [-0.05, 0) is 54.4 Å². The normalized spacial score (nSPS) is 15.1. The minimum Gasteiger partial charge on any atom is -0.494 e. The monoisotopic (exact) mass is 558 g/mol. The standard InChI is InChI=1S/C25H27BrN4O4S/c1-35(32,33)28-24(31)19-8-5-10-21(16-19)34-14-6-13-29-22-11-2-3-12-23(22)30(25(29)27)17-18-7-4-9-20(26)15-18/h2-5,7-12,15-16,25H,6,13-14,17,27H2,1H3,(H,28,31). The number of carbonyl (C=O) groups excluding carboxylic acids is 1. The number of hydrogen-bond acceptors (Lipinski definition) is 7. The summed E-state index contributed by atoms with van der Waals surface area (Å²) in [5.41, 5.74) is 10.2. The van der Waals surface area contributed by atoms with Crippen LogP contribution in [0.3, 0.4) is 0 Å². The lowest BCUT2D eigenvalue weighted by Gasteiger charge is -2.30. The molecule has 1 amide bonds. The van der Waals surface area contributed by atoms with Gasteiger partial charge < -0.3 is 14.5 Å². The van der Waals surface area contributed by atoms with Gasteiger partial charge in [-0.15, -0.1) is 0 Å². The Morgan fingerprint density at radius 1 is 1.03 bits per heavy atom. The van der Waals surface area contributed by atoms with Gasteiger partial charge in [0, 0.05) is 23.1 Å². The van der Waals surface area contributed by atoms with Gasteiger partial charge in [-0.25, -0.2) is 13.1 Å². The Kier molecular flexibility index (Phi) is 7.63. The number of hydrogen-bond donors (Lipinski definition) is 2. The van der Waals surface area contributed by atoms with E-state index in [2.05, 4.69) is 50.0 Å². The Bertz CT molecular complexity index is 1320. The SMILES string of the molecule is CS(=O)(=O)NC(=O)c1cccc(OCCCN2c3ccccc3N(Cc3cccc(Br)c3)C2N)c1. The third kappa shape index (κ3) is 6.33. The Hall–Kier alpha value is -3.08. The number of para-hydroxylation sites is 2. The molecule has 0 aliphatic carbocycles. The van der Waals surface area contributed by atoms with Gasteiger partial charge in [-0.1, -0.05) is 46.3 Å². The summed E-state index contributed by atoms with van der Waals surface area (Å²) in [5.74, 6) is -0.198. The van der Waals surface area contributed by atoms with Crippen molar-refractivity contribution in [3.05, 3.63) is 88.4 Å². The minimum atomic E-state index is -3.64. The molecule has 35 heavy (non-hydrogen) atoms. The van der Waals surface area contributed by atoms with Crippen molar-refractivity contribution in [1.29, 1.82) is 0 Å². The number of nitrogens with zero attached hydrogens (tertiary/aromatic N) is 2. The predicted octanol–water partition coefficient (Wildman–Crippen LogP) is 3.68. The zero-order valence-electron chi connectivity index (χ0n) is 19.2. The summed E-state index contributed by atoms with van der Waals surface area (Å²) in [7, 11) is -3.64. The summed E-state index contributed by atoms with van der Waals surface area (Å²) in [6.45, 7) is 1.78. The Morgan fingerprint density at radius 3 is 2.46 bits per heavy atom. The number of nitrogens with two attached hydrogens (primary N) is 1. The van der Waals surface area contributed by atoms with Crippen molar-refractivity contribution in [2.45, 2.75) is 19.3 Å². The number of nitrogens with one attached hydrogen (secondary N) is 1. The quantitative estimate of drug-likeness (QED) is 0.386. The highest BCUT2D eigenvalue weighted by Crippen LogP contribution is 2.39. The summed E-state index contributed by atoms with van der Waals surface area (Å²) in [4.78, 5) is 16.4. The molecular weight excluding hydrogens is 532 g/mol. The molecule has 0 saturated heterocycles. The Balaban J connectivity index is 1.37. The number of ether oxygens (including phenoxy) is 1. The molecule has 1 heterocycles. The molecule has 1 unspecified atom stereocenters. The predicted molar refractivity (Wildman–Crippen MR) is 141 cm³/mol. The molecule has 0 saturated carbocycles. The molecule has 184 valence electrons. The fourth-order valence-corrected chi connectivity index (χ4v) is 4.95. The first-order chi connectivity index (χ1) is 16.7. The van der Waals surface area contributed by atoms with Crippen LogP contribution in [0.4, 0.5) is 11.4 Å². The summed E-state index contributed by atoms with van der Waals surface area (Å²) >= 11 is 3.53. The smallest absolute Gasteiger partial charge is 0.264 e. The molecule has 3 aromatic rings. The maximum absolute atomic E-state index is 12.1. The largest absolute Gasteiger partial charge is 0.494 e. The molecule has 0 spiro atoms. The van der Waals surface area contributed by atoms with E-state index in [9.17, 15) is 13.2 Å². The molecule has 4 rings (SSSR count). The number of fused-ring (bicyclic) bond motifs is 1. The van der Waals surface area contributed by atoms with Gasteiger partial charge in [0.25, 0.3) is 5.91 Å². The molecular formula is C25H27BrN4O4S. The number of rotatable bonds is 9. The van der Waals surface area contributed by atoms with E-state index in [1.807, 2.05) is 29.0 Å². The Labute approximate surface area is 213 Å². The van der Waals surface area contributed by atoms with Crippen LogP contribution in [-0.4, -0.2) is 40.0 Å². The fourth-order valence-electron chi connectivity index (χ4n) is 4.05. The fraction of sp³-hybridized carbons (Fsp3) is 0.240. The number of anilines is 2. The molecule has 3 aromatic carbocycles. The molecule has 0 aromatic heterocycles. The number of halogens is 1. The molecule has 0 radical (unpaired) electrons. The topological polar surface area (TPSA) is 105 Å². The van der Waals surface area contributed by atoms with Gasteiger partial charge in [0.05, 0.1) is 24.2 Å². The van der Waals surface area contributed by atoms with Crippen LogP contribution >= 0.6 is 15.9 Å². The van der Waals surface area contributed by atoms with Gasteiger partial charge >= 0.3 is 0 Å². The van der Waals surface area contributed by atoms with Crippen LogP contribution in [-0.2, 0) is 16.6 Å². The van der Waals surface area contributed by atoms with Crippen molar-refractivity contribution in [2.75, 3.05) is 29.2 Å². The highest BCUT2D eigenvalue weighted by molar-refractivity contribution is 9.10. The van der Waals surface area contributed by atoms with E-state index in [1.165, 1.54) is 12.1 Å². The molecule has 8 nitrogen and oxygen atoms in total. The van der Waals surface area contributed by atoms with Crippen molar-refractivity contribution in [3.63, 3.8) is 0 Å². The van der Waals surface area contributed by atoms with Crippen LogP contribution < -0.4 is 25.0 Å². The van der Waals surface area contributed by atoms with Crippen LogP contribution in [0.2, 0.25) is 0 Å². The second-order valence-corrected chi connectivity index (χ2v) is 11.0. The van der Waals surface area contributed by atoms with Gasteiger partial charge in [-0.2, -0.15) is 0 Å². The number of sulfonamides is 1. The van der Waals surface area contributed by atoms with Crippen molar-refractivity contribution in [3.8, 4) is 5.75 Å². The van der Waals surface area contributed by atoms with Gasteiger partial charge in [0.1, 0.15) is 5.75 Å². The van der Waals surface area contributed by atoms with Gasteiger partial charge in [0.15, 0.2) is 6.29 Å². The maximum Gasteiger partial charge on any atom is 0.264 e. The van der Waals surface area contributed by atoms with E-state index in [0.717, 1.165) is 27.7 Å². The summed E-state index contributed by atoms with van der Waals surface area (Å²) in [5, 5.41) is 0. The van der Waals surface area contributed by atoms with E-state index in [1.54, 1.807) is 12.1 Å². The maximum atomic E-state index is 12.1. The average molecular weight is 559 g/mol. The van der Waals surface area contributed by atoms with Crippen molar-refractivity contribution < 1.29 is 17.9 Å². The van der Waals surface area contributed by atoms with E-state index >= 15 is 0 Å². The highest BCUT2D eigenvalue weighted by Gasteiger charge is 2.32. The molecule has 0 fully saturated rings. The first-order valence-electron chi connectivity index (χ1n) is 11.1. The van der Waals surface area contributed by atoms with Crippen molar-refractivity contribution >= 4 is 43.2 Å². The molecule has 1 atom stereocenters. The molecule has 10 heteroatoms. The summed E-state index contributed by atoms with van der Waals surface area (Å²) < 4.78 is 31.4. The van der Waals surface area contributed by atoms with E-state index < -0.39 is 15.9 Å². The first kappa shape index (κ1) is 25.0. The average Bonchev–Trinajstić information content (AvgIpc) is 3.07. The lowest BCUT2D eigenvalue weighted by atomic mass is 10.2. The van der Waals surface area contributed by atoms with E-state index in [0.29, 0.717) is 31.9 Å². The van der Waals surface area contributed by atoms with Crippen LogP contribution in [0.15, 0.2) is 77.3 Å². The Morgan fingerprint density at radius 2 is 1.74 bits per heavy atom. The molecule has 3 N–H and O–H groups in total. The zero-order valence-corrected chi connectivity index (χ0v) is 21.6. The lowest BCUT2D eigenvalue weighted by Crippen LogP contribution is -2.50. The van der Waals surface area contributed by atoms with Crippen LogP contribution in [0.25, 0.3) is 0 Å². The first-order valence-corrected chi connectivity index (χ1v) is 13.8. The highest BCUT2D eigenvalue weighted by atomic mass is 79.9. The summed E-state index contributed by atoms with van der Waals surface area (Å²) in [6, 6.07) is 22.8. The number of carbonyl (C=O) groups is 1. The van der Waals surface area contributed by atoms with E-state index in [4.69, 9.17) is 10.5 Å². The third-order valence-corrected chi connectivity index (χ3v) is 6.62. The van der Waals surface area contributed by atoms with Crippen LogP contribution in [0, 0.1) is 0 Å². The van der Waals surface area contributed by atoms with Crippen molar-refractivity contribution in [2.24, 2.45) is 5.73 Å². The van der Waals surface area contributed by atoms with Crippen LogP contribution in [0.5, 0.6) is 5.75 Å². The lowest BCUT2D eigenvalue weighted by molar-refractivity contribution is 0.0981. The molecule has 1 aliphatic heterocycles. The number of amides is 1. The second-order valence-electron chi connectivity index (χ2n) is 8.29. The third-order valence-electron chi connectivity index (χ3n) is 5.57. The van der Waals surface area contributed by atoms with Crippen molar-refractivity contribution in [1.82, 2.24) is 4.72 Å². The van der Waals surface area contributed by atoms with Crippen LogP contribution in [0.1, 0.15) is 22.3 Å². The minimum absolute atomic E-state index is 0.214. The molecule has 1 aliphatic rings. The van der Waals surface area contributed by atoms with Gasteiger partial charge in [0.2, 0.25) is 10.0 Å². The van der Waals surface area contributed by atoms with E-state index in [-0.39, 0.29) is 11.9 Å². The number of benzene rings is 3. The molecule has 0 bridgehead atoms. The zero-order chi connectivity index (χ0) is 25.0.